The summed E-state index contributed by atoms with van der Waals surface area (Å²) in [4.78, 5) is 21.0. The normalized spacial score (nSPS) is 18.2. The average Bonchev–Trinajstić information content (AvgIpc) is 3.53. The first-order valence-corrected chi connectivity index (χ1v) is 12.4. The predicted molar refractivity (Wildman–Crippen MR) is 138 cm³/mol. The second-order valence-corrected chi connectivity index (χ2v) is 10.5. The third-order valence-electron chi connectivity index (χ3n) is 6.56. The first kappa shape index (κ1) is 24.8. The van der Waals surface area contributed by atoms with Crippen molar-refractivity contribution >= 4 is 22.8 Å². The molecule has 0 radical (unpaired) electrons. The Morgan fingerprint density at radius 3 is 2.78 bits per heavy atom. The van der Waals surface area contributed by atoms with Crippen LogP contribution in [0.25, 0.3) is 22.2 Å². The number of benzene rings is 1. The molecule has 2 atom stereocenters. The number of hydrogen-bond donors (Lipinski definition) is 4. The Labute approximate surface area is 213 Å². The van der Waals surface area contributed by atoms with Gasteiger partial charge < -0.3 is 20.5 Å². The number of hydrogen-bond acceptors (Lipinski definition) is 8. The van der Waals surface area contributed by atoms with Crippen molar-refractivity contribution in [3.05, 3.63) is 53.6 Å². The molecule has 4 heterocycles. The molecular weight excluding hydrogens is 475 g/mol. The topological polar surface area (TPSA) is 134 Å². The molecule has 1 aliphatic heterocycles. The predicted octanol–water partition coefficient (Wildman–Crippen LogP) is 3.93. The van der Waals surface area contributed by atoms with E-state index in [1.54, 1.807) is 12.3 Å². The number of aromatic nitrogens is 5. The molecule has 1 aliphatic rings. The van der Waals surface area contributed by atoms with E-state index < -0.39 is 11.7 Å². The van der Waals surface area contributed by atoms with Crippen LogP contribution in [0.1, 0.15) is 62.6 Å². The van der Waals surface area contributed by atoms with Crippen LogP contribution in [-0.4, -0.2) is 49.9 Å². The van der Waals surface area contributed by atoms with Gasteiger partial charge in [0.2, 0.25) is 0 Å². The standard InChI is InChI=1S/C26H31FN8O2/c1-14-5-8-17(13-29-14)31-22-20-18(9-10-28-21(20)33-34-22)15-6-7-16(19(27)11-15)12-30-23(36)24-32-25(35-37-24)26(2,3)4/h6-7,9-11,14,17,29H,5,8,12-13H2,1-4H3,(H,30,36)(H2,28,31,33,34)/t14-,17+/m0/s1. The molecule has 37 heavy (non-hydrogen) atoms. The molecule has 0 spiro atoms. The van der Waals surface area contributed by atoms with Gasteiger partial charge in [-0.1, -0.05) is 38.1 Å². The van der Waals surface area contributed by atoms with Gasteiger partial charge in [0.1, 0.15) is 5.82 Å². The van der Waals surface area contributed by atoms with Crippen molar-refractivity contribution in [3.63, 3.8) is 0 Å². The smallest absolute Gasteiger partial charge is 0.315 e. The van der Waals surface area contributed by atoms with Gasteiger partial charge in [0.15, 0.2) is 17.3 Å². The number of pyridine rings is 1. The number of carbonyl (C=O) groups is 1. The van der Waals surface area contributed by atoms with E-state index in [1.807, 2.05) is 32.9 Å². The van der Waals surface area contributed by atoms with E-state index in [4.69, 9.17) is 4.52 Å². The van der Waals surface area contributed by atoms with Crippen molar-refractivity contribution in [3.8, 4) is 11.1 Å². The summed E-state index contributed by atoms with van der Waals surface area (Å²) in [5.41, 5.74) is 2.12. The van der Waals surface area contributed by atoms with Gasteiger partial charge in [-0.3, -0.25) is 9.89 Å². The molecule has 0 aliphatic carbocycles. The zero-order chi connectivity index (χ0) is 26.2. The van der Waals surface area contributed by atoms with Crippen LogP contribution in [-0.2, 0) is 12.0 Å². The first-order chi connectivity index (χ1) is 17.7. The highest BCUT2D eigenvalue weighted by atomic mass is 19.1. The molecule has 10 nitrogen and oxygen atoms in total. The van der Waals surface area contributed by atoms with Crippen LogP contribution in [0.3, 0.4) is 0 Å². The second kappa shape index (κ2) is 9.89. The number of fused-ring (bicyclic) bond motifs is 1. The van der Waals surface area contributed by atoms with E-state index in [2.05, 4.69) is 48.2 Å². The van der Waals surface area contributed by atoms with E-state index >= 15 is 4.39 Å². The van der Waals surface area contributed by atoms with E-state index in [1.165, 1.54) is 6.07 Å². The lowest BCUT2D eigenvalue weighted by Gasteiger charge is -2.28. The molecule has 3 aromatic heterocycles. The Balaban J connectivity index is 1.33. The summed E-state index contributed by atoms with van der Waals surface area (Å²) in [6, 6.07) is 7.54. The molecular formula is C26H31FN8O2. The molecule has 1 fully saturated rings. The lowest BCUT2D eigenvalue weighted by molar-refractivity contribution is 0.0906. The summed E-state index contributed by atoms with van der Waals surface area (Å²) in [6.07, 6.45) is 3.79. The Morgan fingerprint density at radius 1 is 1.24 bits per heavy atom. The van der Waals surface area contributed by atoms with Crippen molar-refractivity contribution in [2.75, 3.05) is 11.9 Å². The Hall–Kier alpha value is -3.86. The molecule has 1 aromatic carbocycles. The number of nitrogens with one attached hydrogen (secondary N) is 4. The number of aromatic amines is 1. The van der Waals surface area contributed by atoms with Crippen LogP contribution in [0.2, 0.25) is 0 Å². The fraction of sp³-hybridized carbons (Fsp3) is 0.423. The van der Waals surface area contributed by atoms with E-state index in [9.17, 15) is 4.79 Å². The Kier molecular flexibility index (Phi) is 6.63. The number of nitrogens with zero attached hydrogens (tertiary/aromatic N) is 4. The molecule has 0 bridgehead atoms. The number of carbonyl (C=O) groups excluding carboxylic acids is 1. The molecule has 4 aromatic rings. The minimum Gasteiger partial charge on any atom is -0.364 e. The van der Waals surface area contributed by atoms with Gasteiger partial charge in [0, 0.05) is 42.3 Å². The van der Waals surface area contributed by atoms with Crippen LogP contribution >= 0.6 is 0 Å². The van der Waals surface area contributed by atoms with Crippen molar-refractivity contribution in [1.82, 2.24) is 36.0 Å². The van der Waals surface area contributed by atoms with E-state index in [-0.39, 0.29) is 23.9 Å². The lowest BCUT2D eigenvalue weighted by Crippen LogP contribution is -2.43. The van der Waals surface area contributed by atoms with Crippen molar-refractivity contribution in [1.29, 1.82) is 0 Å². The van der Waals surface area contributed by atoms with Gasteiger partial charge in [-0.05, 0) is 43.0 Å². The van der Waals surface area contributed by atoms with Crippen molar-refractivity contribution in [2.45, 2.75) is 64.6 Å². The maximum absolute atomic E-state index is 15.1. The summed E-state index contributed by atoms with van der Waals surface area (Å²) in [5, 5.41) is 21.7. The molecule has 194 valence electrons. The Morgan fingerprint density at radius 2 is 2.08 bits per heavy atom. The number of rotatable bonds is 6. The van der Waals surface area contributed by atoms with Crippen LogP contribution < -0.4 is 16.0 Å². The van der Waals surface area contributed by atoms with Gasteiger partial charge in [0.05, 0.1) is 5.39 Å². The molecule has 1 amide bonds. The van der Waals surface area contributed by atoms with Crippen LogP contribution in [0.15, 0.2) is 35.0 Å². The largest absolute Gasteiger partial charge is 0.364 e. The SMILES string of the molecule is C[C@H]1CC[C@@H](Nc2n[nH]c3nccc(-c4ccc(CNC(=O)c5nc(C(C)(C)C)no5)c(F)c4)c23)CN1. The highest BCUT2D eigenvalue weighted by Gasteiger charge is 2.24. The van der Waals surface area contributed by atoms with Crippen molar-refractivity contribution < 1.29 is 13.7 Å². The van der Waals surface area contributed by atoms with Crippen LogP contribution in [0, 0.1) is 5.82 Å². The molecule has 0 saturated carbocycles. The zero-order valence-corrected chi connectivity index (χ0v) is 21.4. The zero-order valence-electron chi connectivity index (χ0n) is 21.4. The van der Waals surface area contributed by atoms with Gasteiger partial charge in [-0.2, -0.15) is 10.1 Å². The minimum absolute atomic E-state index is 0.0183. The number of H-pyrrole nitrogens is 1. The van der Waals surface area contributed by atoms with Gasteiger partial charge >= 0.3 is 11.8 Å². The fourth-order valence-corrected chi connectivity index (χ4v) is 4.34. The van der Waals surface area contributed by atoms with Gasteiger partial charge in [-0.15, -0.1) is 0 Å². The summed E-state index contributed by atoms with van der Waals surface area (Å²) < 4.78 is 20.2. The summed E-state index contributed by atoms with van der Waals surface area (Å²) in [5.74, 6) is -0.0106. The second-order valence-electron chi connectivity index (χ2n) is 10.5. The fourth-order valence-electron chi connectivity index (χ4n) is 4.34. The maximum Gasteiger partial charge on any atom is 0.315 e. The molecule has 0 unspecified atom stereocenters. The minimum atomic E-state index is -0.553. The third kappa shape index (κ3) is 5.31. The lowest BCUT2D eigenvalue weighted by atomic mass is 9.96. The maximum atomic E-state index is 15.1. The van der Waals surface area contributed by atoms with Crippen LogP contribution in [0.5, 0.6) is 0 Å². The Bertz CT molecular complexity index is 1420. The number of halogens is 1. The number of piperidine rings is 1. The number of anilines is 1. The van der Waals surface area contributed by atoms with Crippen LogP contribution in [0.4, 0.5) is 10.2 Å². The highest BCUT2D eigenvalue weighted by molar-refractivity contribution is 6.00. The molecule has 11 heteroatoms. The molecule has 4 N–H and O–H groups in total. The monoisotopic (exact) mass is 506 g/mol. The van der Waals surface area contributed by atoms with Gasteiger partial charge in [0.25, 0.3) is 0 Å². The summed E-state index contributed by atoms with van der Waals surface area (Å²) in [6.45, 7) is 8.77. The molecule has 5 rings (SSSR count). The summed E-state index contributed by atoms with van der Waals surface area (Å²) >= 11 is 0. The third-order valence-corrected chi connectivity index (χ3v) is 6.56. The number of amides is 1. The quantitative estimate of drug-likeness (QED) is 0.309. The van der Waals surface area contributed by atoms with E-state index in [0.717, 1.165) is 30.3 Å². The first-order valence-electron chi connectivity index (χ1n) is 12.4. The average molecular weight is 507 g/mol. The highest BCUT2D eigenvalue weighted by Crippen LogP contribution is 2.33. The van der Waals surface area contributed by atoms with Crippen molar-refractivity contribution in [2.24, 2.45) is 0 Å². The van der Waals surface area contributed by atoms with Gasteiger partial charge in [-0.25, -0.2) is 9.37 Å². The summed E-state index contributed by atoms with van der Waals surface area (Å²) in [7, 11) is 0. The molecule has 1 saturated heterocycles. The van der Waals surface area contributed by atoms with E-state index in [0.29, 0.717) is 34.5 Å².